The summed E-state index contributed by atoms with van der Waals surface area (Å²) in [7, 11) is 1.32. The highest BCUT2D eigenvalue weighted by molar-refractivity contribution is 5.97. The van der Waals surface area contributed by atoms with Crippen molar-refractivity contribution < 1.29 is 28.5 Å². The summed E-state index contributed by atoms with van der Waals surface area (Å²) < 4.78 is 23.0. The SMILES string of the molecule is CCCCCCCCCCCCCCOC(OCCCCCCCCCCCCCC)Oc1cccc(C(=O)NC(CC)C(=O)OC)c1. The van der Waals surface area contributed by atoms with Crippen LogP contribution in [0.15, 0.2) is 24.3 Å². The van der Waals surface area contributed by atoms with E-state index in [-0.39, 0.29) is 5.91 Å². The summed E-state index contributed by atoms with van der Waals surface area (Å²) in [5.41, 5.74) is 0.399. The number of carbonyl (C=O) groups excluding carboxylic acids is 2. The lowest BCUT2D eigenvalue weighted by Gasteiger charge is -2.20. The van der Waals surface area contributed by atoms with E-state index in [9.17, 15) is 9.59 Å². The van der Waals surface area contributed by atoms with Gasteiger partial charge in [-0.1, -0.05) is 168 Å². The quantitative estimate of drug-likeness (QED) is 0.0445. The van der Waals surface area contributed by atoms with Crippen molar-refractivity contribution in [3.05, 3.63) is 29.8 Å². The molecule has 0 aliphatic heterocycles. The molecule has 1 rings (SSSR count). The molecule has 0 aliphatic carbocycles. The van der Waals surface area contributed by atoms with E-state index in [0.29, 0.717) is 30.9 Å². The van der Waals surface area contributed by atoms with Gasteiger partial charge in [-0.05, 0) is 37.5 Å². The Bertz CT molecular complexity index is 863. The van der Waals surface area contributed by atoms with E-state index in [0.717, 1.165) is 25.7 Å². The first-order valence-electron chi connectivity index (χ1n) is 19.9. The van der Waals surface area contributed by atoms with Crippen molar-refractivity contribution in [1.29, 1.82) is 0 Å². The molecular weight excluding hydrogens is 602 g/mol. The maximum Gasteiger partial charge on any atom is 0.328 e. The molecule has 1 amide bonds. The first-order valence-corrected chi connectivity index (χ1v) is 19.9. The normalized spacial score (nSPS) is 11.9. The second kappa shape index (κ2) is 32.1. The predicted octanol–water partition coefficient (Wildman–Crippen LogP) is 11.5. The molecule has 1 aromatic rings. The Morgan fingerprint density at radius 2 is 1.02 bits per heavy atom. The Kier molecular flexibility index (Phi) is 29.4. The van der Waals surface area contributed by atoms with Crippen molar-refractivity contribution in [1.82, 2.24) is 5.32 Å². The summed E-state index contributed by atoms with van der Waals surface area (Å²) in [4.78, 5) is 24.8. The zero-order valence-corrected chi connectivity index (χ0v) is 31.5. The molecule has 1 N–H and O–H groups in total. The number of benzene rings is 1. The van der Waals surface area contributed by atoms with Gasteiger partial charge in [0, 0.05) is 5.56 Å². The van der Waals surface area contributed by atoms with Crippen LogP contribution in [0.3, 0.4) is 0 Å². The lowest BCUT2D eigenvalue weighted by molar-refractivity contribution is -0.247. The van der Waals surface area contributed by atoms with Crippen LogP contribution in [-0.2, 0) is 19.0 Å². The highest BCUT2D eigenvalue weighted by Crippen LogP contribution is 2.18. The van der Waals surface area contributed by atoms with Crippen molar-refractivity contribution >= 4 is 11.9 Å². The molecule has 7 nitrogen and oxygen atoms in total. The highest BCUT2D eigenvalue weighted by Gasteiger charge is 2.21. The lowest BCUT2D eigenvalue weighted by atomic mass is 10.1. The number of carbonyl (C=O) groups is 2. The maximum absolute atomic E-state index is 12.9. The largest absolute Gasteiger partial charge is 0.467 e. The van der Waals surface area contributed by atoms with E-state index in [4.69, 9.17) is 18.9 Å². The van der Waals surface area contributed by atoms with Gasteiger partial charge in [-0.2, -0.15) is 0 Å². The van der Waals surface area contributed by atoms with Crippen LogP contribution in [0.25, 0.3) is 0 Å². The maximum atomic E-state index is 12.9. The van der Waals surface area contributed by atoms with Crippen molar-refractivity contribution in [3.63, 3.8) is 0 Å². The van der Waals surface area contributed by atoms with Crippen LogP contribution >= 0.6 is 0 Å². The van der Waals surface area contributed by atoms with E-state index >= 15 is 0 Å². The van der Waals surface area contributed by atoms with Crippen LogP contribution in [0.2, 0.25) is 0 Å². The molecule has 278 valence electrons. The summed E-state index contributed by atoms with van der Waals surface area (Å²) in [5, 5.41) is 2.74. The molecule has 0 aliphatic rings. The zero-order chi connectivity index (χ0) is 34.9. The first-order chi connectivity index (χ1) is 23.5. The van der Waals surface area contributed by atoms with Gasteiger partial charge in [-0.3, -0.25) is 4.79 Å². The van der Waals surface area contributed by atoms with Crippen molar-refractivity contribution in [3.8, 4) is 5.75 Å². The number of hydrogen-bond donors (Lipinski definition) is 1. The number of nitrogens with one attached hydrogen (secondary N) is 1. The predicted molar refractivity (Wildman–Crippen MR) is 198 cm³/mol. The third-order valence-corrected chi connectivity index (χ3v) is 9.03. The van der Waals surface area contributed by atoms with Crippen molar-refractivity contribution in [2.75, 3.05) is 20.3 Å². The smallest absolute Gasteiger partial charge is 0.328 e. The molecule has 1 atom stereocenters. The van der Waals surface area contributed by atoms with Gasteiger partial charge in [0.1, 0.15) is 11.8 Å². The van der Waals surface area contributed by atoms with Crippen LogP contribution in [0.4, 0.5) is 0 Å². The van der Waals surface area contributed by atoms with Crippen LogP contribution < -0.4 is 10.1 Å². The monoisotopic (exact) mass is 676 g/mol. The Labute approximate surface area is 295 Å². The summed E-state index contributed by atoms with van der Waals surface area (Å²) in [5.74, 6) is -0.331. The number of ether oxygens (including phenoxy) is 4. The van der Waals surface area contributed by atoms with Crippen molar-refractivity contribution in [2.45, 2.75) is 194 Å². The number of esters is 1. The minimum Gasteiger partial charge on any atom is -0.467 e. The highest BCUT2D eigenvalue weighted by atomic mass is 16.8. The summed E-state index contributed by atoms with van der Waals surface area (Å²) in [6.07, 6.45) is 31.5. The molecular formula is C41H73NO6. The fourth-order valence-corrected chi connectivity index (χ4v) is 5.89. The molecule has 0 spiro atoms. The van der Waals surface area contributed by atoms with Crippen LogP contribution in [0.1, 0.15) is 192 Å². The van der Waals surface area contributed by atoms with Gasteiger partial charge in [-0.15, -0.1) is 0 Å². The van der Waals surface area contributed by atoms with Gasteiger partial charge in [0.2, 0.25) is 0 Å². The zero-order valence-electron chi connectivity index (χ0n) is 31.5. The van der Waals surface area contributed by atoms with E-state index < -0.39 is 18.5 Å². The van der Waals surface area contributed by atoms with Crippen LogP contribution in [0.5, 0.6) is 5.75 Å². The van der Waals surface area contributed by atoms with Gasteiger partial charge < -0.3 is 24.3 Å². The van der Waals surface area contributed by atoms with Crippen LogP contribution in [-0.4, -0.2) is 44.7 Å². The third-order valence-electron chi connectivity index (χ3n) is 9.03. The summed E-state index contributed by atoms with van der Waals surface area (Å²) in [6, 6.07) is 6.21. The minimum atomic E-state index is -0.831. The van der Waals surface area contributed by atoms with Gasteiger partial charge in [0.15, 0.2) is 0 Å². The topological polar surface area (TPSA) is 83.1 Å². The summed E-state index contributed by atoms with van der Waals surface area (Å²) >= 11 is 0. The Hall–Kier alpha value is -2.12. The number of unbranched alkanes of at least 4 members (excludes halogenated alkanes) is 22. The second-order valence-electron chi connectivity index (χ2n) is 13.4. The molecule has 7 heteroatoms. The number of hydrogen-bond acceptors (Lipinski definition) is 6. The van der Waals surface area contributed by atoms with Gasteiger partial charge >= 0.3 is 12.4 Å². The van der Waals surface area contributed by atoms with E-state index in [1.54, 1.807) is 24.3 Å². The second-order valence-corrected chi connectivity index (χ2v) is 13.4. The first kappa shape index (κ1) is 43.9. The van der Waals surface area contributed by atoms with Crippen molar-refractivity contribution in [2.24, 2.45) is 0 Å². The third kappa shape index (κ3) is 24.1. The molecule has 0 bridgehead atoms. The number of amides is 1. The fourth-order valence-electron chi connectivity index (χ4n) is 5.89. The molecule has 0 saturated carbocycles. The Morgan fingerprint density at radius 1 is 0.604 bits per heavy atom. The fraction of sp³-hybridized carbons (Fsp3) is 0.805. The molecule has 1 aromatic carbocycles. The van der Waals surface area contributed by atoms with E-state index in [2.05, 4.69) is 19.2 Å². The molecule has 0 radical (unpaired) electrons. The number of methoxy groups -OCH3 is 1. The van der Waals surface area contributed by atoms with Gasteiger partial charge in [-0.25, -0.2) is 4.79 Å². The standard InChI is InChI=1S/C41H73NO6/c1-5-8-10-12-14-16-18-20-22-24-26-28-33-46-41(47-34-29-27-25-23-21-19-17-15-13-11-9-6-2)48-37-32-30-31-36(35-37)39(43)42-38(7-3)40(44)45-4/h30-32,35,38,41H,5-29,33-34H2,1-4H3,(H,42,43). The van der Waals surface area contributed by atoms with E-state index in [1.807, 2.05) is 6.92 Å². The van der Waals surface area contributed by atoms with E-state index in [1.165, 1.54) is 136 Å². The molecule has 1 unspecified atom stereocenters. The number of rotatable bonds is 34. The lowest BCUT2D eigenvalue weighted by Crippen LogP contribution is -2.41. The molecule has 48 heavy (non-hydrogen) atoms. The average molecular weight is 676 g/mol. The molecule has 0 fully saturated rings. The Morgan fingerprint density at radius 3 is 1.42 bits per heavy atom. The molecule has 0 heterocycles. The van der Waals surface area contributed by atoms with Gasteiger partial charge in [0.25, 0.3) is 5.91 Å². The minimum absolute atomic E-state index is 0.357. The van der Waals surface area contributed by atoms with Crippen LogP contribution in [0, 0.1) is 0 Å². The van der Waals surface area contributed by atoms with Gasteiger partial charge in [0.05, 0.1) is 20.3 Å². The summed E-state index contributed by atoms with van der Waals surface area (Å²) in [6.45, 7) is 6.67. The Balaban J connectivity index is 2.46. The molecule has 0 aromatic heterocycles. The average Bonchev–Trinajstić information content (AvgIpc) is 3.10. The molecule has 0 saturated heterocycles.